The molecular formula is C28H40FN. The van der Waals surface area contributed by atoms with Gasteiger partial charge >= 0.3 is 0 Å². The van der Waals surface area contributed by atoms with Crippen LogP contribution < -0.4 is 0 Å². The summed E-state index contributed by atoms with van der Waals surface area (Å²) in [6.07, 6.45) is 23.0. The van der Waals surface area contributed by atoms with Crippen LogP contribution in [-0.4, -0.2) is 0 Å². The maximum absolute atomic E-state index is 12.7. The molecule has 164 valence electrons. The van der Waals surface area contributed by atoms with Crippen LogP contribution in [-0.2, 0) is 12.8 Å². The van der Waals surface area contributed by atoms with Crippen molar-refractivity contribution in [1.29, 1.82) is 5.26 Å². The average molecular weight is 410 g/mol. The first-order valence-electron chi connectivity index (χ1n) is 12.2. The van der Waals surface area contributed by atoms with E-state index in [2.05, 4.69) is 31.2 Å². The van der Waals surface area contributed by atoms with Crippen LogP contribution in [0, 0.1) is 23.2 Å². The summed E-state index contributed by atoms with van der Waals surface area (Å²) < 4.78 is 12.7. The number of allylic oxidation sites excluding steroid dienone is 4. The minimum Gasteiger partial charge on any atom is -0.195 e. The van der Waals surface area contributed by atoms with E-state index in [1.807, 2.05) is 6.08 Å². The van der Waals surface area contributed by atoms with Crippen LogP contribution in [0.3, 0.4) is 0 Å². The summed E-state index contributed by atoms with van der Waals surface area (Å²) in [5.74, 6) is 0.971. The molecule has 2 heteroatoms. The molecule has 1 aliphatic carbocycles. The van der Waals surface area contributed by atoms with Crippen molar-refractivity contribution >= 4 is 0 Å². The number of unbranched alkanes of at least 4 members (excludes halogenated alkanes) is 4. The van der Waals surface area contributed by atoms with Gasteiger partial charge in [0.05, 0.1) is 0 Å². The fraction of sp³-hybridized carbons (Fsp3) is 0.607. The Morgan fingerprint density at radius 1 is 0.933 bits per heavy atom. The van der Waals surface area contributed by atoms with Gasteiger partial charge in [0.2, 0.25) is 0 Å². The van der Waals surface area contributed by atoms with Crippen molar-refractivity contribution in [3.63, 3.8) is 0 Å². The van der Waals surface area contributed by atoms with Gasteiger partial charge < -0.3 is 0 Å². The minimum atomic E-state index is -0.719. The number of benzene rings is 1. The number of aryl methyl sites for hydroxylation is 2. The first-order valence-corrected chi connectivity index (χ1v) is 12.2. The summed E-state index contributed by atoms with van der Waals surface area (Å²) >= 11 is 0. The molecule has 0 amide bonds. The molecule has 0 aromatic heterocycles. The van der Waals surface area contributed by atoms with Gasteiger partial charge in [-0.1, -0.05) is 94.7 Å². The van der Waals surface area contributed by atoms with Gasteiger partial charge in [-0.05, 0) is 67.6 Å². The summed E-state index contributed by atoms with van der Waals surface area (Å²) in [5.41, 5.74) is 2.99. The van der Waals surface area contributed by atoms with E-state index in [9.17, 15) is 4.39 Å². The highest BCUT2D eigenvalue weighted by Gasteiger charge is 2.20. The van der Waals surface area contributed by atoms with Gasteiger partial charge in [-0.25, -0.2) is 0 Å². The fourth-order valence-electron chi connectivity index (χ4n) is 4.60. The third-order valence-electron chi connectivity index (χ3n) is 6.63. The van der Waals surface area contributed by atoms with E-state index >= 15 is 0 Å². The van der Waals surface area contributed by atoms with Crippen molar-refractivity contribution in [2.24, 2.45) is 11.8 Å². The number of rotatable bonds is 13. The predicted octanol–water partition coefficient (Wildman–Crippen LogP) is 8.65. The highest BCUT2D eigenvalue weighted by molar-refractivity contribution is 5.23. The molecule has 0 unspecified atom stereocenters. The Morgan fingerprint density at radius 3 is 2.17 bits per heavy atom. The quantitative estimate of drug-likeness (QED) is 0.182. The van der Waals surface area contributed by atoms with E-state index in [1.165, 1.54) is 107 Å². The lowest BCUT2D eigenvalue weighted by molar-refractivity contribution is 0.254. The van der Waals surface area contributed by atoms with Crippen LogP contribution in [0.15, 0.2) is 48.3 Å². The van der Waals surface area contributed by atoms with E-state index < -0.39 is 5.83 Å². The number of nitrogens with zero attached hydrogens (tertiary/aromatic N) is 1. The zero-order chi connectivity index (χ0) is 21.4. The number of halogens is 1. The summed E-state index contributed by atoms with van der Waals surface area (Å²) in [7, 11) is 0. The van der Waals surface area contributed by atoms with Gasteiger partial charge in [-0.15, -0.1) is 0 Å². The first-order chi connectivity index (χ1) is 14.7. The van der Waals surface area contributed by atoms with Gasteiger partial charge in [0.1, 0.15) is 6.07 Å². The van der Waals surface area contributed by atoms with Gasteiger partial charge in [-0.2, -0.15) is 9.65 Å². The SMILES string of the molecule is CCCCCCCc1ccc(CC[C@H]2CC[C@H](CC/C=C/C=C(\F)C#N)CC2)cc1. The van der Waals surface area contributed by atoms with Crippen molar-refractivity contribution < 1.29 is 4.39 Å². The smallest absolute Gasteiger partial charge is 0.195 e. The van der Waals surface area contributed by atoms with Crippen LogP contribution in [0.4, 0.5) is 4.39 Å². The third-order valence-corrected chi connectivity index (χ3v) is 6.63. The zero-order valence-electron chi connectivity index (χ0n) is 18.9. The van der Waals surface area contributed by atoms with Crippen LogP contribution >= 0.6 is 0 Å². The maximum Gasteiger partial charge on any atom is 0.199 e. The molecule has 2 rings (SSSR count). The van der Waals surface area contributed by atoms with Crippen molar-refractivity contribution in [2.75, 3.05) is 0 Å². The maximum atomic E-state index is 12.7. The van der Waals surface area contributed by atoms with Gasteiger partial charge in [0.15, 0.2) is 5.83 Å². The summed E-state index contributed by atoms with van der Waals surface area (Å²) in [6.45, 7) is 2.27. The van der Waals surface area contributed by atoms with E-state index in [1.54, 1.807) is 6.08 Å². The summed E-state index contributed by atoms with van der Waals surface area (Å²) in [5, 5.41) is 8.38. The minimum absolute atomic E-state index is 0.719. The molecule has 30 heavy (non-hydrogen) atoms. The molecule has 1 nitrogen and oxygen atoms in total. The summed E-state index contributed by atoms with van der Waals surface area (Å²) in [6, 6.07) is 10.9. The number of nitriles is 1. The lowest BCUT2D eigenvalue weighted by Gasteiger charge is -2.28. The standard InChI is InChI=1S/C28H40FN/c1-2-3-4-5-7-10-24-13-17-26(18-14-24)21-22-27-19-15-25(16-20-27)11-8-6-9-12-28(29)23-30/h6,9,12-14,17-18,25,27H,2-5,7-8,10-11,15-16,19-22H2,1H3/b9-6+,28-12-/t25-,27-. The first kappa shape index (κ1) is 24.4. The number of hydrogen-bond acceptors (Lipinski definition) is 1. The molecule has 1 saturated carbocycles. The molecule has 1 aromatic rings. The number of hydrogen-bond donors (Lipinski definition) is 0. The van der Waals surface area contributed by atoms with Crippen molar-refractivity contribution in [3.05, 3.63) is 59.4 Å². The monoisotopic (exact) mass is 409 g/mol. The van der Waals surface area contributed by atoms with Crippen LogP contribution in [0.1, 0.15) is 95.1 Å². The Bertz CT molecular complexity index is 672. The van der Waals surface area contributed by atoms with Gasteiger partial charge in [0, 0.05) is 0 Å². The van der Waals surface area contributed by atoms with E-state index in [4.69, 9.17) is 5.26 Å². The molecule has 0 aliphatic heterocycles. The highest BCUT2D eigenvalue weighted by atomic mass is 19.1. The van der Waals surface area contributed by atoms with Crippen LogP contribution in [0.5, 0.6) is 0 Å². The molecule has 0 spiro atoms. The van der Waals surface area contributed by atoms with Crippen molar-refractivity contribution in [2.45, 2.75) is 96.8 Å². The molecule has 0 N–H and O–H groups in total. The average Bonchev–Trinajstić information content (AvgIpc) is 2.78. The third kappa shape index (κ3) is 10.2. The topological polar surface area (TPSA) is 23.8 Å². The second kappa shape index (κ2) is 15.0. The fourth-order valence-corrected chi connectivity index (χ4v) is 4.60. The Kier molecular flexibility index (Phi) is 12.2. The van der Waals surface area contributed by atoms with E-state index in [0.29, 0.717) is 0 Å². The molecule has 0 atom stereocenters. The lowest BCUT2D eigenvalue weighted by atomic mass is 9.78. The Hall–Kier alpha value is -1.88. The molecule has 0 heterocycles. The molecule has 0 bridgehead atoms. The Labute approximate surface area is 184 Å². The van der Waals surface area contributed by atoms with Gasteiger partial charge in [-0.3, -0.25) is 0 Å². The van der Waals surface area contributed by atoms with E-state index in [-0.39, 0.29) is 0 Å². The second-order valence-electron chi connectivity index (χ2n) is 9.04. The molecule has 1 aliphatic rings. The van der Waals surface area contributed by atoms with Crippen molar-refractivity contribution in [1.82, 2.24) is 0 Å². The van der Waals surface area contributed by atoms with Crippen LogP contribution in [0.2, 0.25) is 0 Å². The van der Waals surface area contributed by atoms with Crippen LogP contribution in [0.25, 0.3) is 0 Å². The largest absolute Gasteiger partial charge is 0.199 e. The highest BCUT2D eigenvalue weighted by Crippen LogP contribution is 2.34. The lowest BCUT2D eigenvalue weighted by Crippen LogP contribution is -2.15. The molecule has 1 aromatic carbocycles. The molecule has 0 radical (unpaired) electrons. The molecular weight excluding hydrogens is 369 g/mol. The predicted molar refractivity (Wildman–Crippen MR) is 126 cm³/mol. The zero-order valence-corrected chi connectivity index (χ0v) is 18.9. The normalized spacial score (nSPS) is 19.8. The second-order valence-corrected chi connectivity index (χ2v) is 9.04. The molecule has 1 fully saturated rings. The van der Waals surface area contributed by atoms with Gasteiger partial charge in [0.25, 0.3) is 0 Å². The Balaban J connectivity index is 1.58. The molecule has 0 saturated heterocycles. The van der Waals surface area contributed by atoms with E-state index in [0.717, 1.165) is 18.3 Å². The summed E-state index contributed by atoms with van der Waals surface area (Å²) in [4.78, 5) is 0. The Morgan fingerprint density at radius 2 is 1.53 bits per heavy atom. The van der Waals surface area contributed by atoms with Crippen molar-refractivity contribution in [3.8, 4) is 6.07 Å².